The maximum absolute atomic E-state index is 12.5. The Kier molecular flexibility index (Phi) is 4.79. The number of anilines is 2. The molecule has 0 bridgehead atoms. The second kappa shape index (κ2) is 7.17. The molecule has 2 amide bonds. The van der Waals surface area contributed by atoms with Gasteiger partial charge in [-0.1, -0.05) is 24.3 Å². The Labute approximate surface area is 141 Å². The van der Waals surface area contributed by atoms with Crippen molar-refractivity contribution in [2.45, 2.75) is 12.8 Å². The van der Waals surface area contributed by atoms with Crippen molar-refractivity contribution in [2.75, 3.05) is 24.1 Å². The van der Waals surface area contributed by atoms with Crippen LogP contribution in [0.15, 0.2) is 54.6 Å². The first-order chi connectivity index (χ1) is 11.6. The zero-order chi connectivity index (χ0) is 16.9. The van der Waals surface area contributed by atoms with Crippen molar-refractivity contribution in [3.8, 4) is 0 Å². The molecule has 3 N–H and O–H groups in total. The van der Waals surface area contributed by atoms with Gasteiger partial charge in [0, 0.05) is 35.9 Å². The summed E-state index contributed by atoms with van der Waals surface area (Å²) in [6.45, 7) is 1.17. The van der Waals surface area contributed by atoms with Crippen LogP contribution >= 0.6 is 0 Å². The number of nitrogens with zero attached hydrogens (tertiary/aromatic N) is 1. The summed E-state index contributed by atoms with van der Waals surface area (Å²) in [4.78, 5) is 26.6. The standard InChI is InChI=1S/C19H21N3O2/c20-16-6-4-5-15(13-16)19(24)22-11-9-14(10-12-22)18(23)21-17-7-2-1-3-8-17/h1-8,13-14H,9-12,20H2,(H,21,23). The van der Waals surface area contributed by atoms with Gasteiger partial charge in [0.05, 0.1) is 0 Å². The fourth-order valence-electron chi connectivity index (χ4n) is 2.96. The van der Waals surface area contributed by atoms with Gasteiger partial charge in [-0.15, -0.1) is 0 Å². The second-order valence-corrected chi connectivity index (χ2v) is 6.05. The highest BCUT2D eigenvalue weighted by atomic mass is 16.2. The van der Waals surface area contributed by atoms with Crippen LogP contribution in [0.25, 0.3) is 0 Å². The van der Waals surface area contributed by atoms with E-state index >= 15 is 0 Å². The van der Waals surface area contributed by atoms with Crippen LogP contribution in [0.5, 0.6) is 0 Å². The van der Waals surface area contributed by atoms with E-state index in [0.29, 0.717) is 37.2 Å². The van der Waals surface area contributed by atoms with Gasteiger partial charge in [0.2, 0.25) is 5.91 Å². The van der Waals surface area contributed by atoms with Crippen LogP contribution in [0.3, 0.4) is 0 Å². The van der Waals surface area contributed by atoms with Crippen molar-refractivity contribution >= 4 is 23.2 Å². The number of benzene rings is 2. The lowest BCUT2D eigenvalue weighted by atomic mass is 9.95. The molecule has 0 atom stereocenters. The summed E-state index contributed by atoms with van der Waals surface area (Å²) in [6, 6.07) is 16.4. The maximum atomic E-state index is 12.5. The number of para-hydroxylation sites is 1. The number of nitrogen functional groups attached to an aromatic ring is 1. The Balaban J connectivity index is 1.55. The Morgan fingerprint density at radius 1 is 1.00 bits per heavy atom. The number of carbonyl (C=O) groups is 2. The molecule has 1 aliphatic heterocycles. The van der Waals surface area contributed by atoms with Gasteiger partial charge < -0.3 is 16.0 Å². The number of rotatable bonds is 3. The van der Waals surface area contributed by atoms with Crippen molar-refractivity contribution in [1.82, 2.24) is 4.90 Å². The minimum Gasteiger partial charge on any atom is -0.399 e. The summed E-state index contributed by atoms with van der Waals surface area (Å²) in [5, 5.41) is 2.94. The molecule has 1 saturated heterocycles. The van der Waals surface area contributed by atoms with Crippen LogP contribution in [0.4, 0.5) is 11.4 Å². The third-order valence-electron chi connectivity index (χ3n) is 4.33. The SMILES string of the molecule is Nc1cccc(C(=O)N2CCC(C(=O)Nc3ccccc3)CC2)c1. The molecule has 124 valence electrons. The number of nitrogens with one attached hydrogen (secondary N) is 1. The molecular formula is C19H21N3O2. The van der Waals surface area contributed by atoms with Gasteiger partial charge in [-0.3, -0.25) is 9.59 Å². The molecule has 0 spiro atoms. The zero-order valence-electron chi connectivity index (χ0n) is 13.4. The van der Waals surface area contributed by atoms with Crippen molar-refractivity contribution < 1.29 is 9.59 Å². The molecule has 0 unspecified atom stereocenters. The number of hydrogen-bond acceptors (Lipinski definition) is 3. The molecule has 5 heteroatoms. The molecule has 5 nitrogen and oxygen atoms in total. The van der Waals surface area contributed by atoms with Crippen LogP contribution < -0.4 is 11.1 Å². The molecular weight excluding hydrogens is 302 g/mol. The van der Waals surface area contributed by atoms with E-state index in [0.717, 1.165) is 5.69 Å². The number of amides is 2. The van der Waals surface area contributed by atoms with E-state index in [1.165, 1.54) is 0 Å². The fraction of sp³-hybridized carbons (Fsp3) is 0.263. The van der Waals surface area contributed by atoms with Crippen LogP contribution in [-0.2, 0) is 4.79 Å². The predicted molar refractivity (Wildman–Crippen MR) is 94.6 cm³/mol. The smallest absolute Gasteiger partial charge is 0.253 e. The summed E-state index contributed by atoms with van der Waals surface area (Å²) in [6.07, 6.45) is 1.35. The van der Waals surface area contributed by atoms with Gasteiger partial charge >= 0.3 is 0 Å². The highest BCUT2D eigenvalue weighted by Crippen LogP contribution is 2.21. The first kappa shape index (κ1) is 16.1. The monoisotopic (exact) mass is 323 g/mol. The minimum absolute atomic E-state index is 0.0239. The average Bonchev–Trinajstić information content (AvgIpc) is 2.62. The van der Waals surface area contributed by atoms with Crippen molar-refractivity contribution in [3.63, 3.8) is 0 Å². The number of nitrogens with two attached hydrogens (primary N) is 1. The van der Waals surface area contributed by atoms with Gasteiger partial charge in [-0.2, -0.15) is 0 Å². The zero-order valence-corrected chi connectivity index (χ0v) is 13.4. The van der Waals surface area contributed by atoms with Crippen molar-refractivity contribution in [2.24, 2.45) is 5.92 Å². The molecule has 0 saturated carbocycles. The Bertz CT molecular complexity index is 722. The highest BCUT2D eigenvalue weighted by Gasteiger charge is 2.27. The summed E-state index contributed by atoms with van der Waals surface area (Å²) in [5.41, 5.74) is 7.72. The Morgan fingerprint density at radius 2 is 1.71 bits per heavy atom. The molecule has 0 radical (unpaired) electrons. The average molecular weight is 323 g/mol. The first-order valence-corrected chi connectivity index (χ1v) is 8.14. The summed E-state index contributed by atoms with van der Waals surface area (Å²) < 4.78 is 0. The molecule has 0 aliphatic carbocycles. The highest BCUT2D eigenvalue weighted by molar-refractivity contribution is 5.96. The van der Waals surface area contributed by atoms with Gasteiger partial charge in [0.25, 0.3) is 5.91 Å². The molecule has 1 heterocycles. The molecule has 0 aromatic heterocycles. The lowest BCUT2D eigenvalue weighted by Gasteiger charge is -2.31. The molecule has 2 aromatic carbocycles. The third kappa shape index (κ3) is 3.74. The molecule has 3 rings (SSSR count). The predicted octanol–water partition coefficient (Wildman–Crippen LogP) is 2.76. The Hall–Kier alpha value is -2.82. The minimum atomic E-state index is -0.0601. The largest absolute Gasteiger partial charge is 0.399 e. The van der Waals surface area contributed by atoms with E-state index in [9.17, 15) is 9.59 Å². The molecule has 2 aromatic rings. The Morgan fingerprint density at radius 3 is 2.38 bits per heavy atom. The van der Waals surface area contributed by atoms with E-state index < -0.39 is 0 Å². The maximum Gasteiger partial charge on any atom is 0.253 e. The summed E-state index contributed by atoms with van der Waals surface area (Å²) in [7, 11) is 0. The van der Waals surface area contributed by atoms with Gasteiger partial charge in [-0.05, 0) is 43.2 Å². The van der Waals surface area contributed by atoms with Crippen LogP contribution in [0.2, 0.25) is 0 Å². The topological polar surface area (TPSA) is 75.4 Å². The second-order valence-electron chi connectivity index (χ2n) is 6.05. The first-order valence-electron chi connectivity index (χ1n) is 8.14. The van der Waals surface area contributed by atoms with E-state index in [2.05, 4.69) is 5.32 Å². The van der Waals surface area contributed by atoms with Gasteiger partial charge in [0.1, 0.15) is 0 Å². The van der Waals surface area contributed by atoms with E-state index in [-0.39, 0.29) is 17.7 Å². The van der Waals surface area contributed by atoms with Crippen molar-refractivity contribution in [1.29, 1.82) is 0 Å². The molecule has 1 fully saturated rings. The number of carbonyl (C=O) groups excluding carboxylic acids is 2. The number of piperidine rings is 1. The normalized spacial score (nSPS) is 15.1. The van der Waals surface area contributed by atoms with Crippen LogP contribution in [0.1, 0.15) is 23.2 Å². The van der Waals surface area contributed by atoms with Crippen LogP contribution in [-0.4, -0.2) is 29.8 Å². The van der Waals surface area contributed by atoms with E-state index in [1.54, 1.807) is 29.2 Å². The quantitative estimate of drug-likeness (QED) is 0.853. The van der Waals surface area contributed by atoms with E-state index in [4.69, 9.17) is 5.73 Å². The summed E-state index contributed by atoms with van der Waals surface area (Å²) in [5.74, 6) is -0.0587. The summed E-state index contributed by atoms with van der Waals surface area (Å²) >= 11 is 0. The number of hydrogen-bond donors (Lipinski definition) is 2. The van der Waals surface area contributed by atoms with Gasteiger partial charge in [0.15, 0.2) is 0 Å². The van der Waals surface area contributed by atoms with E-state index in [1.807, 2.05) is 30.3 Å². The molecule has 1 aliphatic rings. The number of likely N-dealkylation sites (tertiary alicyclic amines) is 1. The fourth-order valence-corrected chi connectivity index (χ4v) is 2.96. The lowest BCUT2D eigenvalue weighted by Crippen LogP contribution is -2.41. The van der Waals surface area contributed by atoms with Crippen molar-refractivity contribution in [3.05, 3.63) is 60.2 Å². The third-order valence-corrected chi connectivity index (χ3v) is 4.33. The van der Waals surface area contributed by atoms with Gasteiger partial charge in [-0.25, -0.2) is 0 Å². The lowest BCUT2D eigenvalue weighted by molar-refractivity contribution is -0.121. The molecule has 24 heavy (non-hydrogen) atoms. The van der Waals surface area contributed by atoms with Crippen LogP contribution in [0, 0.1) is 5.92 Å².